The fourth-order valence-corrected chi connectivity index (χ4v) is 2.97. The van der Waals surface area contributed by atoms with E-state index < -0.39 is 6.04 Å². The zero-order valence-electron chi connectivity index (χ0n) is 15.8. The molecule has 0 fully saturated rings. The maximum absolute atomic E-state index is 12.5. The number of carbonyl (C=O) groups excluding carboxylic acids is 1. The first-order valence-electron chi connectivity index (χ1n) is 9.06. The number of aromatic nitrogens is 5. The minimum absolute atomic E-state index is 0.194. The summed E-state index contributed by atoms with van der Waals surface area (Å²) in [6, 6.07) is 9.06. The highest BCUT2D eigenvalue weighted by atomic mass is 16.5. The summed E-state index contributed by atoms with van der Waals surface area (Å²) >= 11 is 0. The predicted molar refractivity (Wildman–Crippen MR) is 99.6 cm³/mol. The van der Waals surface area contributed by atoms with Crippen molar-refractivity contribution in [3.63, 3.8) is 0 Å². The first-order chi connectivity index (χ1) is 13.5. The van der Waals surface area contributed by atoms with Gasteiger partial charge in [0.25, 0.3) is 5.91 Å². The molecule has 0 saturated heterocycles. The lowest BCUT2D eigenvalue weighted by Gasteiger charge is -2.07. The fraction of sp³-hybridized carbons (Fsp3) is 0.316. The number of imidazole rings is 1. The van der Waals surface area contributed by atoms with Crippen LogP contribution >= 0.6 is 0 Å². The Kier molecular flexibility index (Phi) is 4.64. The molecule has 0 bridgehead atoms. The van der Waals surface area contributed by atoms with E-state index in [0.717, 1.165) is 16.9 Å². The molecular formula is C19H20N6O3. The lowest BCUT2D eigenvalue weighted by molar-refractivity contribution is 0.0923. The molecule has 3 aromatic heterocycles. The van der Waals surface area contributed by atoms with Crippen molar-refractivity contribution in [3.8, 4) is 0 Å². The molecule has 144 valence electrons. The van der Waals surface area contributed by atoms with E-state index in [9.17, 15) is 4.79 Å². The van der Waals surface area contributed by atoms with Crippen molar-refractivity contribution < 1.29 is 13.8 Å². The zero-order chi connectivity index (χ0) is 19.7. The monoisotopic (exact) mass is 380 g/mol. The van der Waals surface area contributed by atoms with E-state index in [4.69, 9.17) is 9.05 Å². The minimum Gasteiger partial charge on any atom is -0.359 e. The van der Waals surface area contributed by atoms with E-state index in [1.807, 2.05) is 42.7 Å². The largest absolute Gasteiger partial charge is 0.359 e. The Morgan fingerprint density at radius 1 is 1.21 bits per heavy atom. The average molecular weight is 380 g/mol. The highest BCUT2D eigenvalue weighted by molar-refractivity contribution is 5.92. The second kappa shape index (κ2) is 7.26. The molecule has 3 heterocycles. The van der Waals surface area contributed by atoms with E-state index in [-0.39, 0.29) is 11.6 Å². The summed E-state index contributed by atoms with van der Waals surface area (Å²) in [6.45, 7) is 6.07. The number of carbonyl (C=O) groups is 1. The second-order valence-electron chi connectivity index (χ2n) is 6.51. The van der Waals surface area contributed by atoms with Crippen LogP contribution in [0.1, 0.15) is 53.7 Å². The van der Waals surface area contributed by atoms with E-state index in [1.54, 1.807) is 13.0 Å². The van der Waals surface area contributed by atoms with Gasteiger partial charge in [-0.2, -0.15) is 4.98 Å². The van der Waals surface area contributed by atoms with Gasteiger partial charge in [0.05, 0.1) is 17.6 Å². The molecule has 4 aromatic rings. The van der Waals surface area contributed by atoms with Crippen molar-refractivity contribution in [1.29, 1.82) is 0 Å². The first-order valence-corrected chi connectivity index (χ1v) is 9.06. The lowest BCUT2D eigenvalue weighted by atomic mass is 10.3. The molecule has 0 aliphatic heterocycles. The number of fused-ring (bicyclic) bond motifs is 1. The SMILES string of the molecule is CCc1noc([C@H](C)NC(=O)c2cc(Cn3c(C)nc4ccccc43)on2)n1. The van der Waals surface area contributed by atoms with Gasteiger partial charge in [-0.3, -0.25) is 4.79 Å². The van der Waals surface area contributed by atoms with Gasteiger partial charge in [-0.05, 0) is 26.0 Å². The van der Waals surface area contributed by atoms with Gasteiger partial charge in [0.1, 0.15) is 11.9 Å². The summed E-state index contributed by atoms with van der Waals surface area (Å²) in [7, 11) is 0. The molecule has 0 radical (unpaired) electrons. The molecule has 0 aliphatic carbocycles. The summed E-state index contributed by atoms with van der Waals surface area (Å²) in [4.78, 5) is 21.2. The molecule has 1 N–H and O–H groups in total. The van der Waals surface area contributed by atoms with Crippen molar-refractivity contribution in [1.82, 2.24) is 30.2 Å². The maximum Gasteiger partial charge on any atom is 0.274 e. The molecule has 0 aliphatic rings. The van der Waals surface area contributed by atoms with Gasteiger partial charge in [0.2, 0.25) is 5.89 Å². The van der Waals surface area contributed by atoms with Gasteiger partial charge in [0, 0.05) is 12.5 Å². The number of aryl methyl sites for hydroxylation is 2. The van der Waals surface area contributed by atoms with Crippen LogP contribution in [0, 0.1) is 6.92 Å². The Morgan fingerprint density at radius 2 is 2.04 bits per heavy atom. The number of hydrogen-bond donors (Lipinski definition) is 1. The Balaban J connectivity index is 1.47. The number of benzene rings is 1. The maximum atomic E-state index is 12.5. The fourth-order valence-electron chi connectivity index (χ4n) is 2.97. The van der Waals surface area contributed by atoms with Gasteiger partial charge in [-0.1, -0.05) is 29.4 Å². The van der Waals surface area contributed by atoms with Gasteiger partial charge < -0.3 is 18.9 Å². The van der Waals surface area contributed by atoms with Crippen LogP contribution in [0.15, 0.2) is 39.4 Å². The highest BCUT2D eigenvalue weighted by Crippen LogP contribution is 2.18. The third-order valence-corrected chi connectivity index (χ3v) is 4.47. The molecule has 4 rings (SSSR count). The third-order valence-electron chi connectivity index (χ3n) is 4.47. The van der Waals surface area contributed by atoms with Crippen LogP contribution in [0.3, 0.4) is 0 Å². The van der Waals surface area contributed by atoms with E-state index >= 15 is 0 Å². The summed E-state index contributed by atoms with van der Waals surface area (Å²) in [5.41, 5.74) is 2.11. The average Bonchev–Trinajstić information content (AvgIpc) is 3.41. The zero-order valence-corrected chi connectivity index (χ0v) is 15.8. The number of para-hydroxylation sites is 2. The molecule has 1 aromatic carbocycles. The summed E-state index contributed by atoms with van der Waals surface area (Å²) < 4.78 is 12.5. The van der Waals surface area contributed by atoms with Crippen molar-refractivity contribution >= 4 is 16.9 Å². The van der Waals surface area contributed by atoms with E-state index in [2.05, 4.69) is 25.6 Å². The van der Waals surface area contributed by atoms with Gasteiger partial charge in [0.15, 0.2) is 17.3 Å². The van der Waals surface area contributed by atoms with Gasteiger partial charge in [-0.25, -0.2) is 4.98 Å². The topological polar surface area (TPSA) is 112 Å². The van der Waals surface area contributed by atoms with Crippen LogP contribution < -0.4 is 5.32 Å². The molecule has 1 amide bonds. The van der Waals surface area contributed by atoms with Crippen LogP contribution in [-0.4, -0.2) is 30.8 Å². The Morgan fingerprint density at radius 3 is 2.82 bits per heavy atom. The lowest BCUT2D eigenvalue weighted by Crippen LogP contribution is -2.27. The van der Waals surface area contributed by atoms with E-state index in [1.165, 1.54) is 0 Å². The third kappa shape index (κ3) is 3.38. The molecular weight excluding hydrogens is 360 g/mol. The highest BCUT2D eigenvalue weighted by Gasteiger charge is 2.20. The number of amides is 1. The smallest absolute Gasteiger partial charge is 0.274 e. The Bertz CT molecular complexity index is 1130. The quantitative estimate of drug-likeness (QED) is 0.547. The van der Waals surface area contributed by atoms with Crippen LogP contribution in [0.2, 0.25) is 0 Å². The normalized spacial score (nSPS) is 12.4. The molecule has 0 saturated carbocycles. The summed E-state index contributed by atoms with van der Waals surface area (Å²) in [5.74, 6) is 2.01. The van der Waals surface area contributed by atoms with Crippen LogP contribution in [-0.2, 0) is 13.0 Å². The van der Waals surface area contributed by atoms with Crippen LogP contribution in [0.25, 0.3) is 11.0 Å². The van der Waals surface area contributed by atoms with Crippen molar-refractivity contribution in [2.45, 2.75) is 39.8 Å². The number of nitrogens with one attached hydrogen (secondary N) is 1. The van der Waals surface area contributed by atoms with Crippen LogP contribution in [0.5, 0.6) is 0 Å². The standard InChI is InChI=1S/C19H20N6O3/c1-4-17-22-19(28-24-17)11(2)20-18(26)15-9-13(27-23-15)10-25-12(3)21-14-7-5-6-8-16(14)25/h5-9,11H,4,10H2,1-3H3,(H,20,26)/t11-/m0/s1. The van der Waals surface area contributed by atoms with Crippen molar-refractivity contribution in [3.05, 3.63) is 59.3 Å². The summed E-state index contributed by atoms with van der Waals surface area (Å²) in [5, 5.41) is 10.5. The molecule has 0 spiro atoms. The van der Waals surface area contributed by atoms with Gasteiger partial charge in [-0.15, -0.1) is 0 Å². The number of hydrogen-bond acceptors (Lipinski definition) is 7. The molecule has 1 atom stereocenters. The number of nitrogens with zero attached hydrogens (tertiary/aromatic N) is 5. The molecule has 9 heteroatoms. The van der Waals surface area contributed by atoms with Crippen molar-refractivity contribution in [2.24, 2.45) is 0 Å². The molecule has 0 unspecified atom stereocenters. The van der Waals surface area contributed by atoms with Crippen molar-refractivity contribution in [2.75, 3.05) is 0 Å². The van der Waals surface area contributed by atoms with Gasteiger partial charge >= 0.3 is 0 Å². The molecule has 9 nitrogen and oxygen atoms in total. The second-order valence-corrected chi connectivity index (χ2v) is 6.51. The van der Waals surface area contributed by atoms with Crippen LogP contribution in [0.4, 0.5) is 0 Å². The Hall–Kier alpha value is -3.49. The summed E-state index contributed by atoms with van der Waals surface area (Å²) in [6.07, 6.45) is 0.666. The van der Waals surface area contributed by atoms with E-state index in [0.29, 0.717) is 30.4 Å². The Labute approximate surface area is 160 Å². The first kappa shape index (κ1) is 17.9. The number of rotatable bonds is 6. The minimum atomic E-state index is -0.430. The predicted octanol–water partition coefficient (Wildman–Crippen LogP) is 2.82. The molecule has 28 heavy (non-hydrogen) atoms.